The van der Waals surface area contributed by atoms with Gasteiger partial charge in [-0.15, -0.1) is 0 Å². The second kappa shape index (κ2) is 41.9. The molecule has 5 rings (SSSR count). The van der Waals surface area contributed by atoms with E-state index in [0.717, 1.165) is 61.6 Å². The molecular formula is C74H103NO8. The van der Waals surface area contributed by atoms with Crippen molar-refractivity contribution in [3.05, 3.63) is 179 Å². The third kappa shape index (κ3) is 25.8. The summed E-state index contributed by atoms with van der Waals surface area (Å²) < 4.78 is 26.5. The molecule has 0 unspecified atom stereocenters. The molecule has 0 aromatic heterocycles. The van der Waals surface area contributed by atoms with Crippen LogP contribution >= 0.6 is 0 Å². The molecule has 5 aromatic rings. The van der Waals surface area contributed by atoms with Crippen molar-refractivity contribution < 1.29 is 38.1 Å². The SMILES string of the molecule is CCCCCCCCCCCCCCCCCCCCCC[C@@H](OC(C)=O)C(=O)N[C@@H](COC(c1ccccc1)(c1ccccc1)c1ccccc1)[C@H](OC(=O)c1ccccc1)[C@@H](CCCCCCCCCCC)OC(=O)c1ccccc1. The van der Waals surface area contributed by atoms with Crippen molar-refractivity contribution >= 4 is 23.8 Å². The lowest BCUT2D eigenvalue weighted by atomic mass is 9.80. The van der Waals surface area contributed by atoms with Gasteiger partial charge in [-0.2, -0.15) is 0 Å². The van der Waals surface area contributed by atoms with Gasteiger partial charge in [0.1, 0.15) is 11.7 Å². The summed E-state index contributed by atoms with van der Waals surface area (Å²) in [6.45, 7) is 5.60. The number of carbonyl (C=O) groups excluding carboxylic acids is 4. The third-order valence-corrected chi connectivity index (χ3v) is 16.1. The molecule has 1 N–H and O–H groups in total. The van der Waals surface area contributed by atoms with E-state index in [1.165, 1.54) is 135 Å². The van der Waals surface area contributed by atoms with Gasteiger partial charge in [0.05, 0.1) is 23.8 Å². The van der Waals surface area contributed by atoms with Crippen LogP contribution in [0.4, 0.5) is 0 Å². The Balaban J connectivity index is 1.38. The van der Waals surface area contributed by atoms with Crippen molar-refractivity contribution in [1.82, 2.24) is 5.32 Å². The molecule has 0 fully saturated rings. The van der Waals surface area contributed by atoms with Gasteiger partial charge in [-0.25, -0.2) is 9.59 Å². The number of hydrogen-bond acceptors (Lipinski definition) is 8. The molecule has 9 heteroatoms. The van der Waals surface area contributed by atoms with E-state index >= 15 is 4.79 Å². The number of hydrogen-bond donors (Lipinski definition) is 1. The number of ether oxygens (including phenoxy) is 4. The Morgan fingerprint density at radius 3 is 1.05 bits per heavy atom. The lowest BCUT2D eigenvalue weighted by Gasteiger charge is -2.39. The van der Waals surface area contributed by atoms with Gasteiger partial charge in [-0.05, 0) is 66.6 Å². The van der Waals surface area contributed by atoms with E-state index in [0.29, 0.717) is 36.8 Å². The first-order chi connectivity index (χ1) is 40.8. The van der Waals surface area contributed by atoms with Gasteiger partial charge in [-0.3, -0.25) is 9.59 Å². The molecular weight excluding hydrogens is 1030 g/mol. The van der Waals surface area contributed by atoms with E-state index < -0.39 is 53.8 Å². The van der Waals surface area contributed by atoms with Crippen molar-refractivity contribution in [3.63, 3.8) is 0 Å². The zero-order chi connectivity index (χ0) is 58.8. The Morgan fingerprint density at radius 1 is 0.386 bits per heavy atom. The van der Waals surface area contributed by atoms with Gasteiger partial charge in [0, 0.05) is 6.92 Å². The molecule has 0 spiro atoms. The highest BCUT2D eigenvalue weighted by Gasteiger charge is 2.43. The van der Waals surface area contributed by atoms with Crippen molar-refractivity contribution in [2.45, 2.75) is 250 Å². The summed E-state index contributed by atoms with van der Waals surface area (Å²) in [6, 6.07) is 46.2. The van der Waals surface area contributed by atoms with E-state index in [1.54, 1.807) is 48.5 Å². The van der Waals surface area contributed by atoms with Crippen LogP contribution in [-0.4, -0.2) is 54.8 Å². The van der Waals surface area contributed by atoms with E-state index in [-0.39, 0.29) is 6.61 Å². The maximum Gasteiger partial charge on any atom is 0.338 e. The normalized spacial score (nSPS) is 12.9. The first-order valence-corrected chi connectivity index (χ1v) is 32.6. The molecule has 0 saturated carbocycles. The minimum atomic E-state index is -1.27. The number of esters is 3. The predicted molar refractivity (Wildman–Crippen MR) is 338 cm³/mol. The molecule has 0 saturated heterocycles. The smallest absolute Gasteiger partial charge is 0.338 e. The van der Waals surface area contributed by atoms with Crippen molar-refractivity contribution in [2.75, 3.05) is 6.61 Å². The highest BCUT2D eigenvalue weighted by atomic mass is 16.6. The first-order valence-electron chi connectivity index (χ1n) is 32.6. The summed E-state index contributed by atoms with van der Waals surface area (Å²) in [5.74, 6) is -2.35. The summed E-state index contributed by atoms with van der Waals surface area (Å²) in [7, 11) is 0. The van der Waals surface area contributed by atoms with Crippen molar-refractivity contribution in [2.24, 2.45) is 0 Å². The highest BCUT2D eigenvalue weighted by molar-refractivity contribution is 5.90. The number of unbranched alkanes of at least 4 members (excludes halogenated alkanes) is 27. The van der Waals surface area contributed by atoms with Gasteiger partial charge in [0.25, 0.3) is 5.91 Å². The standard InChI is InChI=1S/C74H103NO8/c1-4-6-8-10-12-14-15-16-17-18-19-20-21-22-23-24-26-28-30-47-59-69(81-61(3)76)71(77)75-67(60-80-74(64-52-40-33-41-53-64,65-54-42-34-43-55-65)66-56-44-35-45-57-66)70(83-73(79)63-50-38-32-39-51-63)68(82-72(78)62-48-36-31-37-49-62)58-46-29-27-25-13-11-9-7-5-2/h31-45,48-57,67-70H,4-30,46-47,58-60H2,1-3H3,(H,75,77)/t67-,68+,69+,70-/m0/s1. The Hall–Kier alpha value is -6.06. The van der Waals surface area contributed by atoms with Gasteiger partial charge in [0.15, 0.2) is 12.2 Å². The molecule has 0 aliphatic carbocycles. The molecule has 0 aliphatic rings. The first kappa shape index (κ1) is 67.7. The average molecular weight is 1130 g/mol. The molecule has 0 aliphatic heterocycles. The molecule has 4 atom stereocenters. The molecule has 0 heterocycles. The summed E-state index contributed by atoms with van der Waals surface area (Å²) in [6.07, 6.45) is 32.0. The van der Waals surface area contributed by atoms with Crippen LogP contribution in [0, 0.1) is 0 Å². The average Bonchev–Trinajstić information content (AvgIpc) is 3.59. The van der Waals surface area contributed by atoms with E-state index in [4.69, 9.17) is 18.9 Å². The fraction of sp³-hybridized carbons (Fsp3) is 0.541. The molecule has 0 bridgehead atoms. The minimum Gasteiger partial charge on any atom is -0.455 e. The van der Waals surface area contributed by atoms with Crippen LogP contribution < -0.4 is 5.32 Å². The van der Waals surface area contributed by atoms with Crippen molar-refractivity contribution in [1.29, 1.82) is 0 Å². The maximum atomic E-state index is 15.1. The van der Waals surface area contributed by atoms with Crippen LogP contribution in [0.2, 0.25) is 0 Å². The second-order valence-corrected chi connectivity index (χ2v) is 23.0. The second-order valence-electron chi connectivity index (χ2n) is 23.0. The lowest BCUT2D eigenvalue weighted by Crippen LogP contribution is -2.57. The number of rotatable bonds is 46. The van der Waals surface area contributed by atoms with Crippen LogP contribution in [0.3, 0.4) is 0 Å². The summed E-state index contributed by atoms with van der Waals surface area (Å²) >= 11 is 0. The topological polar surface area (TPSA) is 117 Å². The molecule has 83 heavy (non-hydrogen) atoms. The zero-order valence-electron chi connectivity index (χ0n) is 51.1. The molecule has 452 valence electrons. The number of nitrogens with one attached hydrogen (secondary N) is 1. The molecule has 0 radical (unpaired) electrons. The number of amides is 1. The predicted octanol–water partition coefficient (Wildman–Crippen LogP) is 19.0. The van der Waals surface area contributed by atoms with Gasteiger partial charge in [-0.1, -0.05) is 315 Å². The van der Waals surface area contributed by atoms with Crippen LogP contribution in [0.1, 0.15) is 257 Å². The van der Waals surface area contributed by atoms with Crippen LogP contribution in [-0.2, 0) is 34.1 Å². The van der Waals surface area contributed by atoms with Crippen LogP contribution in [0.5, 0.6) is 0 Å². The quantitative estimate of drug-likeness (QED) is 0.0177. The molecule has 9 nitrogen and oxygen atoms in total. The fourth-order valence-electron chi connectivity index (χ4n) is 11.4. The van der Waals surface area contributed by atoms with Crippen LogP contribution in [0.25, 0.3) is 0 Å². The molecule has 1 amide bonds. The Bertz CT molecular complexity index is 2360. The molecule has 5 aromatic carbocycles. The summed E-state index contributed by atoms with van der Waals surface area (Å²) in [5.41, 5.74) is 1.90. The number of benzene rings is 5. The Morgan fingerprint density at radius 2 is 0.699 bits per heavy atom. The maximum absolute atomic E-state index is 15.1. The summed E-state index contributed by atoms with van der Waals surface area (Å²) in [4.78, 5) is 56.9. The van der Waals surface area contributed by atoms with Crippen LogP contribution in [0.15, 0.2) is 152 Å². The zero-order valence-corrected chi connectivity index (χ0v) is 51.1. The monoisotopic (exact) mass is 1130 g/mol. The van der Waals surface area contributed by atoms with Crippen molar-refractivity contribution in [3.8, 4) is 0 Å². The van der Waals surface area contributed by atoms with Gasteiger partial charge >= 0.3 is 17.9 Å². The lowest BCUT2D eigenvalue weighted by molar-refractivity contribution is -0.155. The third-order valence-electron chi connectivity index (χ3n) is 16.1. The van der Waals surface area contributed by atoms with Gasteiger partial charge < -0.3 is 24.3 Å². The highest BCUT2D eigenvalue weighted by Crippen LogP contribution is 2.41. The van der Waals surface area contributed by atoms with E-state index in [2.05, 4.69) is 19.2 Å². The largest absolute Gasteiger partial charge is 0.455 e. The minimum absolute atomic E-state index is 0.222. The van der Waals surface area contributed by atoms with E-state index in [1.807, 2.05) is 103 Å². The number of carbonyl (C=O) groups is 4. The Kier molecular flexibility index (Phi) is 34.2. The van der Waals surface area contributed by atoms with E-state index in [9.17, 15) is 14.4 Å². The summed E-state index contributed by atoms with van der Waals surface area (Å²) in [5, 5.41) is 3.24. The fourth-order valence-corrected chi connectivity index (χ4v) is 11.4. The van der Waals surface area contributed by atoms with Gasteiger partial charge in [0.2, 0.25) is 0 Å². The Labute approximate surface area is 500 Å².